The highest BCUT2D eigenvalue weighted by Gasteiger charge is 2.30. The van der Waals surface area contributed by atoms with Gasteiger partial charge in [-0.2, -0.15) is 0 Å². The molecule has 1 fully saturated rings. The Morgan fingerprint density at radius 2 is 2.22 bits per heavy atom. The van der Waals surface area contributed by atoms with Crippen LogP contribution in [0.1, 0.15) is 36.9 Å². The van der Waals surface area contributed by atoms with Gasteiger partial charge in [-0.05, 0) is 36.6 Å². The normalized spacial score (nSPS) is 14.9. The first-order valence-electron chi connectivity index (χ1n) is 8.78. The van der Waals surface area contributed by atoms with E-state index >= 15 is 0 Å². The van der Waals surface area contributed by atoms with Crippen molar-refractivity contribution in [3.8, 4) is 0 Å². The van der Waals surface area contributed by atoms with Crippen LogP contribution in [0.25, 0.3) is 10.9 Å². The van der Waals surface area contributed by atoms with Gasteiger partial charge in [0.2, 0.25) is 11.8 Å². The molecule has 140 valence electrons. The van der Waals surface area contributed by atoms with Gasteiger partial charge >= 0.3 is 0 Å². The molecule has 0 spiro atoms. The number of fused-ring (bicyclic) bond motifs is 1. The fourth-order valence-electron chi connectivity index (χ4n) is 3.20. The van der Waals surface area contributed by atoms with Crippen molar-refractivity contribution in [3.63, 3.8) is 0 Å². The lowest BCUT2D eigenvalue weighted by molar-refractivity contribution is -0.125. The van der Waals surface area contributed by atoms with Gasteiger partial charge in [0.15, 0.2) is 0 Å². The molecule has 1 aromatic carbocycles. The summed E-state index contributed by atoms with van der Waals surface area (Å²) >= 11 is 1.39. The maximum Gasteiger partial charge on any atom is 0.247 e. The van der Waals surface area contributed by atoms with Crippen molar-refractivity contribution in [2.45, 2.75) is 38.1 Å². The van der Waals surface area contributed by atoms with Crippen LogP contribution in [0.3, 0.4) is 0 Å². The molecule has 1 aliphatic carbocycles. The Hall–Kier alpha value is -2.74. The summed E-state index contributed by atoms with van der Waals surface area (Å²) in [7, 11) is 0. The average molecular weight is 386 g/mol. The van der Waals surface area contributed by atoms with Crippen molar-refractivity contribution in [2.24, 2.45) is 0 Å². The zero-order valence-corrected chi connectivity index (χ0v) is 15.5. The smallest absolute Gasteiger partial charge is 0.247 e. The molecule has 3 aromatic rings. The lowest BCUT2D eigenvalue weighted by atomic mass is 10.0. The van der Waals surface area contributed by atoms with Crippen LogP contribution in [0.15, 0.2) is 29.9 Å². The van der Waals surface area contributed by atoms with Gasteiger partial charge in [-0.1, -0.05) is 0 Å². The van der Waals surface area contributed by atoms with Crippen LogP contribution in [0.2, 0.25) is 0 Å². The lowest BCUT2D eigenvalue weighted by Gasteiger charge is -2.17. The molecule has 0 radical (unpaired) electrons. The van der Waals surface area contributed by atoms with E-state index in [1.807, 2.05) is 0 Å². The summed E-state index contributed by atoms with van der Waals surface area (Å²) in [5.41, 5.74) is 4.15. The minimum atomic E-state index is -0.735. The van der Waals surface area contributed by atoms with E-state index in [4.69, 9.17) is 0 Å². The number of H-pyrrole nitrogens is 1. The van der Waals surface area contributed by atoms with E-state index in [2.05, 4.69) is 20.6 Å². The average Bonchev–Trinajstić information content (AvgIpc) is 3.24. The zero-order valence-electron chi connectivity index (χ0n) is 14.7. The second-order valence-corrected chi connectivity index (χ2v) is 7.65. The van der Waals surface area contributed by atoms with E-state index in [0.717, 1.165) is 34.5 Å². The van der Waals surface area contributed by atoms with Gasteiger partial charge < -0.3 is 15.6 Å². The third-order valence-electron chi connectivity index (χ3n) is 4.64. The Balaban J connectivity index is 1.55. The van der Waals surface area contributed by atoms with Gasteiger partial charge in [0.1, 0.15) is 16.9 Å². The number of hydrogen-bond acceptors (Lipinski definition) is 4. The maximum atomic E-state index is 13.4. The van der Waals surface area contributed by atoms with Gasteiger partial charge in [-0.25, -0.2) is 9.37 Å². The number of nitrogens with one attached hydrogen (secondary N) is 3. The van der Waals surface area contributed by atoms with E-state index in [9.17, 15) is 14.0 Å². The summed E-state index contributed by atoms with van der Waals surface area (Å²) < 4.78 is 13.4. The van der Waals surface area contributed by atoms with E-state index in [-0.39, 0.29) is 17.6 Å². The first-order valence-corrected chi connectivity index (χ1v) is 9.66. The molecule has 3 N–H and O–H groups in total. The number of anilines is 1. The quantitative estimate of drug-likeness (QED) is 0.607. The summed E-state index contributed by atoms with van der Waals surface area (Å²) in [5.74, 6) is -0.472. The van der Waals surface area contributed by atoms with Gasteiger partial charge in [-0.3, -0.25) is 9.59 Å². The Morgan fingerprint density at radius 3 is 2.96 bits per heavy atom. The third kappa shape index (κ3) is 3.85. The molecule has 0 aliphatic heterocycles. The van der Waals surface area contributed by atoms with Crippen molar-refractivity contribution in [2.75, 3.05) is 5.32 Å². The molecular weight excluding hydrogens is 367 g/mol. The minimum absolute atomic E-state index is 0.284. The van der Waals surface area contributed by atoms with Crippen molar-refractivity contribution in [1.29, 1.82) is 0 Å². The number of halogens is 1. The molecule has 1 unspecified atom stereocenters. The predicted octanol–water partition coefficient (Wildman–Crippen LogP) is 3.33. The fourth-order valence-corrected chi connectivity index (χ4v) is 3.97. The zero-order chi connectivity index (χ0) is 19.0. The van der Waals surface area contributed by atoms with Crippen LogP contribution in [-0.4, -0.2) is 27.8 Å². The molecule has 2 amide bonds. The standard InChI is InChI=1S/C19H19FN4O2S/c1-10(25)23-16(6-12-8-21-15-7-13(20)4-5-14(12)15)18(26)24-19-17(11-2-3-11)22-9-27-19/h4-5,7-9,11,16,21H,2-3,6H2,1H3,(H,23,25)(H,24,26). The molecule has 1 saturated carbocycles. The Kier molecular flexibility index (Phi) is 4.65. The molecular formula is C19H19FN4O2S. The summed E-state index contributed by atoms with van der Waals surface area (Å²) in [6.07, 6.45) is 4.23. The number of aromatic amines is 1. The summed E-state index contributed by atoms with van der Waals surface area (Å²) in [6.45, 7) is 1.38. The molecule has 0 bridgehead atoms. The first-order chi connectivity index (χ1) is 13.0. The van der Waals surface area contributed by atoms with E-state index < -0.39 is 6.04 Å². The summed E-state index contributed by atoms with van der Waals surface area (Å²) in [4.78, 5) is 31.8. The Bertz CT molecular complexity index is 1010. The van der Waals surface area contributed by atoms with Crippen molar-refractivity contribution < 1.29 is 14.0 Å². The number of nitrogens with zero attached hydrogens (tertiary/aromatic N) is 1. The number of carbonyl (C=O) groups excluding carboxylic acids is 2. The molecule has 2 aromatic heterocycles. The molecule has 8 heteroatoms. The Morgan fingerprint density at radius 1 is 1.41 bits per heavy atom. The number of amides is 2. The Labute approximate surface area is 159 Å². The first kappa shape index (κ1) is 17.7. The number of thiazole rings is 1. The number of hydrogen-bond donors (Lipinski definition) is 3. The highest BCUT2D eigenvalue weighted by molar-refractivity contribution is 7.14. The number of benzene rings is 1. The number of rotatable bonds is 6. The van der Waals surface area contributed by atoms with Gasteiger partial charge in [0.25, 0.3) is 0 Å². The monoisotopic (exact) mass is 386 g/mol. The lowest BCUT2D eigenvalue weighted by Crippen LogP contribution is -2.44. The molecule has 0 saturated heterocycles. The molecule has 2 heterocycles. The second kappa shape index (κ2) is 7.11. The molecule has 27 heavy (non-hydrogen) atoms. The molecule has 4 rings (SSSR count). The number of carbonyl (C=O) groups is 2. The topological polar surface area (TPSA) is 86.9 Å². The fraction of sp³-hybridized carbons (Fsp3) is 0.316. The highest BCUT2D eigenvalue weighted by atomic mass is 32.1. The van der Waals surface area contributed by atoms with Crippen LogP contribution in [0.4, 0.5) is 9.39 Å². The predicted molar refractivity (Wildman–Crippen MR) is 102 cm³/mol. The van der Waals surface area contributed by atoms with Gasteiger partial charge in [-0.15, -0.1) is 11.3 Å². The largest absolute Gasteiger partial charge is 0.361 e. The maximum absolute atomic E-state index is 13.4. The van der Waals surface area contributed by atoms with E-state index in [1.54, 1.807) is 17.8 Å². The van der Waals surface area contributed by atoms with Crippen LogP contribution >= 0.6 is 11.3 Å². The highest BCUT2D eigenvalue weighted by Crippen LogP contribution is 2.43. The summed E-state index contributed by atoms with van der Waals surface area (Å²) in [5, 5.41) is 7.21. The van der Waals surface area contributed by atoms with Crippen LogP contribution < -0.4 is 10.6 Å². The van der Waals surface area contributed by atoms with E-state index in [1.165, 1.54) is 30.4 Å². The third-order valence-corrected chi connectivity index (χ3v) is 5.40. The van der Waals surface area contributed by atoms with Crippen molar-refractivity contribution in [1.82, 2.24) is 15.3 Å². The molecule has 1 atom stereocenters. The molecule has 1 aliphatic rings. The van der Waals surface area contributed by atoms with Crippen molar-refractivity contribution >= 4 is 39.1 Å². The SMILES string of the molecule is CC(=O)NC(Cc1c[nH]c2cc(F)ccc12)C(=O)Nc1scnc1C1CC1. The second-order valence-electron chi connectivity index (χ2n) is 6.79. The van der Waals surface area contributed by atoms with Crippen LogP contribution in [0, 0.1) is 5.82 Å². The van der Waals surface area contributed by atoms with Crippen LogP contribution in [-0.2, 0) is 16.0 Å². The van der Waals surface area contributed by atoms with Gasteiger partial charge in [0.05, 0.1) is 11.2 Å². The van der Waals surface area contributed by atoms with Gasteiger partial charge in [0, 0.05) is 36.4 Å². The summed E-state index contributed by atoms with van der Waals surface area (Å²) in [6, 6.07) is 3.73. The van der Waals surface area contributed by atoms with Crippen molar-refractivity contribution in [3.05, 3.63) is 47.0 Å². The minimum Gasteiger partial charge on any atom is -0.361 e. The molecule has 6 nitrogen and oxygen atoms in total. The van der Waals surface area contributed by atoms with E-state index in [0.29, 0.717) is 17.9 Å². The van der Waals surface area contributed by atoms with Crippen LogP contribution in [0.5, 0.6) is 0 Å². The number of aromatic nitrogens is 2.